The van der Waals surface area contributed by atoms with Crippen LogP contribution in [0.15, 0.2) is 0 Å². The largest absolute Gasteiger partial charge is 0.326 e. The van der Waals surface area contributed by atoms with Crippen LogP contribution in [-0.4, -0.2) is 30.1 Å². The van der Waals surface area contributed by atoms with E-state index in [1.165, 1.54) is 83.7 Å². The molecule has 1 aliphatic rings. The minimum Gasteiger partial charge on any atom is -0.326 e. The Kier molecular flexibility index (Phi) is 9.54. The molecule has 2 N–H and O–H groups in total. The van der Waals surface area contributed by atoms with Crippen molar-refractivity contribution in [2.45, 2.75) is 96.6 Å². The highest BCUT2D eigenvalue weighted by Crippen LogP contribution is 2.17. The molecule has 2 nitrogen and oxygen atoms in total. The standard InChI is InChI=1S/C17H36N2/c1-3-4-5-6-7-8-9-10-11-12-14-19-15-13-17(18)16(19)2/h16-17H,3-15,18H2,1-2H3/t16-,17-/m1/s1. The molecule has 0 bridgehead atoms. The smallest absolute Gasteiger partial charge is 0.0219 e. The van der Waals surface area contributed by atoms with E-state index in [4.69, 9.17) is 5.73 Å². The third-order valence-corrected chi connectivity index (χ3v) is 4.74. The zero-order valence-corrected chi connectivity index (χ0v) is 13.4. The van der Waals surface area contributed by atoms with Gasteiger partial charge in [-0.05, 0) is 26.3 Å². The van der Waals surface area contributed by atoms with E-state index in [2.05, 4.69) is 18.7 Å². The number of likely N-dealkylation sites (tertiary alicyclic amines) is 1. The van der Waals surface area contributed by atoms with Gasteiger partial charge in [0.25, 0.3) is 0 Å². The van der Waals surface area contributed by atoms with E-state index in [9.17, 15) is 0 Å². The van der Waals surface area contributed by atoms with Crippen LogP contribution in [0.5, 0.6) is 0 Å². The fraction of sp³-hybridized carbons (Fsp3) is 1.00. The van der Waals surface area contributed by atoms with E-state index in [0.717, 1.165) is 0 Å². The van der Waals surface area contributed by atoms with Gasteiger partial charge in [0, 0.05) is 18.6 Å². The van der Waals surface area contributed by atoms with E-state index in [1.54, 1.807) is 0 Å². The molecule has 0 aliphatic carbocycles. The summed E-state index contributed by atoms with van der Waals surface area (Å²) in [6.07, 6.45) is 15.4. The molecule has 0 aromatic rings. The van der Waals surface area contributed by atoms with Crippen molar-refractivity contribution in [3.05, 3.63) is 0 Å². The topological polar surface area (TPSA) is 29.3 Å². The lowest BCUT2D eigenvalue weighted by Crippen LogP contribution is -2.37. The Labute approximate surface area is 121 Å². The van der Waals surface area contributed by atoms with Gasteiger partial charge in [0.2, 0.25) is 0 Å². The van der Waals surface area contributed by atoms with Crippen LogP contribution in [0.25, 0.3) is 0 Å². The van der Waals surface area contributed by atoms with Gasteiger partial charge in [0.05, 0.1) is 0 Å². The van der Waals surface area contributed by atoms with Crippen molar-refractivity contribution >= 4 is 0 Å². The summed E-state index contributed by atoms with van der Waals surface area (Å²) in [5.41, 5.74) is 6.05. The molecule has 19 heavy (non-hydrogen) atoms. The Hall–Kier alpha value is -0.0800. The van der Waals surface area contributed by atoms with Gasteiger partial charge in [-0.1, -0.05) is 64.7 Å². The van der Waals surface area contributed by atoms with Crippen molar-refractivity contribution in [2.24, 2.45) is 5.73 Å². The maximum atomic E-state index is 6.05. The first-order chi connectivity index (χ1) is 9.25. The van der Waals surface area contributed by atoms with Crippen molar-refractivity contribution in [3.63, 3.8) is 0 Å². The summed E-state index contributed by atoms with van der Waals surface area (Å²) in [7, 11) is 0. The average Bonchev–Trinajstić information content (AvgIpc) is 2.73. The Balaban J connectivity index is 1.81. The summed E-state index contributed by atoms with van der Waals surface area (Å²) in [5, 5.41) is 0. The molecule has 2 heteroatoms. The fourth-order valence-electron chi connectivity index (χ4n) is 3.15. The van der Waals surface area contributed by atoms with Gasteiger partial charge in [0.1, 0.15) is 0 Å². The maximum absolute atomic E-state index is 6.05. The lowest BCUT2D eigenvalue weighted by atomic mass is 10.1. The molecule has 1 heterocycles. The third kappa shape index (κ3) is 7.31. The first-order valence-corrected chi connectivity index (χ1v) is 8.75. The molecule has 0 radical (unpaired) electrons. The molecule has 0 aromatic heterocycles. The Morgan fingerprint density at radius 3 is 1.89 bits per heavy atom. The van der Waals surface area contributed by atoms with Crippen molar-refractivity contribution in [1.82, 2.24) is 4.90 Å². The van der Waals surface area contributed by atoms with Gasteiger partial charge in [-0.25, -0.2) is 0 Å². The Morgan fingerprint density at radius 1 is 0.895 bits per heavy atom. The second kappa shape index (κ2) is 10.7. The summed E-state index contributed by atoms with van der Waals surface area (Å²) in [5.74, 6) is 0. The summed E-state index contributed by atoms with van der Waals surface area (Å²) >= 11 is 0. The van der Waals surface area contributed by atoms with Gasteiger partial charge in [-0.15, -0.1) is 0 Å². The van der Waals surface area contributed by atoms with Crippen molar-refractivity contribution in [1.29, 1.82) is 0 Å². The molecule has 0 spiro atoms. The number of unbranched alkanes of at least 4 members (excludes halogenated alkanes) is 9. The number of hydrogen-bond donors (Lipinski definition) is 1. The lowest BCUT2D eigenvalue weighted by molar-refractivity contribution is 0.253. The number of nitrogens with zero attached hydrogens (tertiary/aromatic N) is 1. The quantitative estimate of drug-likeness (QED) is 0.565. The van der Waals surface area contributed by atoms with Gasteiger partial charge >= 0.3 is 0 Å². The zero-order chi connectivity index (χ0) is 13.9. The normalized spacial score (nSPS) is 24.2. The zero-order valence-electron chi connectivity index (χ0n) is 13.4. The predicted octanol–water partition coefficient (Wildman–Crippen LogP) is 4.33. The lowest BCUT2D eigenvalue weighted by Gasteiger charge is -2.22. The maximum Gasteiger partial charge on any atom is 0.0219 e. The minimum atomic E-state index is 0.420. The van der Waals surface area contributed by atoms with E-state index in [1.807, 2.05) is 0 Å². The van der Waals surface area contributed by atoms with Crippen LogP contribution in [0.1, 0.15) is 84.5 Å². The van der Waals surface area contributed by atoms with Crippen molar-refractivity contribution < 1.29 is 0 Å². The van der Waals surface area contributed by atoms with Crippen molar-refractivity contribution in [2.75, 3.05) is 13.1 Å². The van der Waals surface area contributed by atoms with Crippen LogP contribution in [0, 0.1) is 0 Å². The van der Waals surface area contributed by atoms with Crippen LogP contribution < -0.4 is 5.73 Å². The van der Waals surface area contributed by atoms with Crippen LogP contribution in [0.2, 0.25) is 0 Å². The highest BCUT2D eigenvalue weighted by atomic mass is 15.2. The van der Waals surface area contributed by atoms with Crippen molar-refractivity contribution in [3.8, 4) is 0 Å². The van der Waals surface area contributed by atoms with E-state index < -0.39 is 0 Å². The Bertz CT molecular complexity index is 205. The molecule has 1 fully saturated rings. The van der Waals surface area contributed by atoms with Gasteiger partial charge in [0.15, 0.2) is 0 Å². The van der Waals surface area contributed by atoms with E-state index >= 15 is 0 Å². The van der Waals surface area contributed by atoms with E-state index in [0.29, 0.717) is 12.1 Å². The fourth-order valence-corrected chi connectivity index (χ4v) is 3.15. The van der Waals surface area contributed by atoms with Crippen LogP contribution in [0.4, 0.5) is 0 Å². The monoisotopic (exact) mass is 268 g/mol. The molecular weight excluding hydrogens is 232 g/mol. The molecule has 1 saturated heterocycles. The summed E-state index contributed by atoms with van der Waals surface area (Å²) in [6.45, 7) is 7.06. The highest BCUT2D eigenvalue weighted by molar-refractivity contribution is 4.86. The second-order valence-corrected chi connectivity index (χ2v) is 6.41. The molecule has 2 atom stereocenters. The first kappa shape index (κ1) is 17.0. The van der Waals surface area contributed by atoms with Crippen LogP contribution >= 0.6 is 0 Å². The first-order valence-electron chi connectivity index (χ1n) is 8.75. The molecule has 0 aromatic carbocycles. The number of hydrogen-bond acceptors (Lipinski definition) is 2. The van der Waals surface area contributed by atoms with Gasteiger partial charge in [-0.3, -0.25) is 4.90 Å². The third-order valence-electron chi connectivity index (χ3n) is 4.74. The van der Waals surface area contributed by atoms with E-state index in [-0.39, 0.29) is 0 Å². The summed E-state index contributed by atoms with van der Waals surface area (Å²) in [4.78, 5) is 2.58. The van der Waals surface area contributed by atoms with Gasteiger partial charge in [-0.2, -0.15) is 0 Å². The highest BCUT2D eigenvalue weighted by Gasteiger charge is 2.26. The summed E-state index contributed by atoms with van der Waals surface area (Å²) in [6, 6.07) is 1.03. The molecule has 1 aliphatic heterocycles. The predicted molar refractivity (Wildman–Crippen MR) is 85.5 cm³/mol. The molecule has 0 saturated carbocycles. The van der Waals surface area contributed by atoms with Crippen LogP contribution in [0.3, 0.4) is 0 Å². The molecule has 0 unspecified atom stereocenters. The molecule has 0 amide bonds. The number of rotatable bonds is 11. The Morgan fingerprint density at radius 2 is 1.42 bits per heavy atom. The average molecular weight is 268 g/mol. The molecular formula is C17H36N2. The van der Waals surface area contributed by atoms with Crippen LogP contribution in [-0.2, 0) is 0 Å². The molecule has 114 valence electrons. The summed E-state index contributed by atoms with van der Waals surface area (Å²) < 4.78 is 0. The number of nitrogens with two attached hydrogens (primary N) is 1. The van der Waals surface area contributed by atoms with Gasteiger partial charge < -0.3 is 5.73 Å². The second-order valence-electron chi connectivity index (χ2n) is 6.41. The molecule has 1 rings (SSSR count). The SMILES string of the molecule is CCCCCCCCCCCCN1CC[C@@H](N)[C@H]1C. The minimum absolute atomic E-state index is 0.420.